The lowest BCUT2D eigenvalue weighted by atomic mass is 10.0. The number of ether oxygens (including phenoxy) is 2. The summed E-state index contributed by atoms with van der Waals surface area (Å²) < 4.78 is 33.1. The Labute approximate surface area is 256 Å². The lowest BCUT2D eigenvalue weighted by Gasteiger charge is -2.37. The number of nitrogen functional groups attached to an aromatic ring is 1. The summed E-state index contributed by atoms with van der Waals surface area (Å²) in [5.74, 6) is 1.06. The van der Waals surface area contributed by atoms with E-state index in [1.807, 2.05) is 24.3 Å². The number of nitrogens with two attached hydrogens (primary N) is 1. The van der Waals surface area contributed by atoms with Gasteiger partial charge in [-0.15, -0.1) is 5.10 Å². The fourth-order valence-electron chi connectivity index (χ4n) is 5.51. The molecule has 1 aliphatic rings. The summed E-state index contributed by atoms with van der Waals surface area (Å²) in [5, 5.41) is 9.59. The summed E-state index contributed by atoms with van der Waals surface area (Å²) in [5.41, 5.74) is 8.70. The Bertz CT molecular complexity index is 1930. The summed E-state index contributed by atoms with van der Waals surface area (Å²) in [6.07, 6.45) is 3.12. The third kappa shape index (κ3) is 5.40. The highest BCUT2D eigenvalue weighted by Crippen LogP contribution is 2.30. The Morgan fingerprint density at radius 2 is 1.78 bits per heavy atom. The van der Waals surface area contributed by atoms with Crippen molar-refractivity contribution < 1.29 is 23.1 Å². The first kappa shape index (κ1) is 28.3. The minimum atomic E-state index is -0.917. The molecule has 1 aliphatic heterocycles. The van der Waals surface area contributed by atoms with Crippen LogP contribution in [-0.4, -0.2) is 86.7 Å². The van der Waals surface area contributed by atoms with Gasteiger partial charge in [0, 0.05) is 39.0 Å². The molecule has 1 atom stereocenters. The van der Waals surface area contributed by atoms with Gasteiger partial charge in [0.25, 0.3) is 5.91 Å². The molecule has 1 fully saturated rings. The number of fused-ring (bicyclic) bond motifs is 3. The molecule has 7 rings (SSSR count). The second kappa shape index (κ2) is 11.9. The number of nitrogens with zero attached hydrogens (tertiary/aromatic N) is 8. The molecule has 230 valence electrons. The number of carbonyl (C=O) groups is 1. The number of piperazine rings is 1. The molecule has 0 bridgehead atoms. The van der Waals surface area contributed by atoms with Crippen molar-refractivity contribution in [2.45, 2.75) is 6.04 Å². The third-order valence-electron chi connectivity index (χ3n) is 7.81. The fourth-order valence-corrected chi connectivity index (χ4v) is 5.51. The Morgan fingerprint density at radius 1 is 1.00 bits per heavy atom. The smallest absolute Gasteiger partial charge is 0.252 e. The van der Waals surface area contributed by atoms with Crippen LogP contribution in [0.15, 0.2) is 77.5 Å². The van der Waals surface area contributed by atoms with Gasteiger partial charge in [0.1, 0.15) is 18.2 Å². The molecule has 1 amide bonds. The molecule has 45 heavy (non-hydrogen) atoms. The highest BCUT2D eigenvalue weighted by molar-refractivity contribution is 5.92. The van der Waals surface area contributed by atoms with Crippen LogP contribution in [0.3, 0.4) is 0 Å². The highest BCUT2D eigenvalue weighted by atomic mass is 19.1. The molecule has 0 spiro atoms. The predicted octanol–water partition coefficient (Wildman–Crippen LogP) is 3.42. The highest BCUT2D eigenvalue weighted by Gasteiger charge is 2.33. The molecule has 2 aromatic carbocycles. The Hall–Kier alpha value is -5.50. The number of methoxy groups -OCH3 is 1. The molecule has 0 saturated carbocycles. The molecule has 1 unspecified atom stereocenters. The summed E-state index contributed by atoms with van der Waals surface area (Å²) in [6, 6.07) is 16.3. The molecule has 0 radical (unpaired) electrons. The Balaban J connectivity index is 1.17. The molecule has 6 aromatic rings. The van der Waals surface area contributed by atoms with Crippen LogP contribution in [0.5, 0.6) is 5.75 Å². The number of hydrogen-bond acceptors (Lipinski definition) is 10. The number of rotatable bonds is 9. The summed E-state index contributed by atoms with van der Waals surface area (Å²) in [6.45, 7) is 3.23. The zero-order valence-corrected chi connectivity index (χ0v) is 24.4. The first-order valence-electron chi connectivity index (χ1n) is 14.4. The molecule has 14 heteroatoms. The van der Waals surface area contributed by atoms with E-state index in [0.717, 1.165) is 11.4 Å². The second-order valence-corrected chi connectivity index (χ2v) is 10.5. The van der Waals surface area contributed by atoms with Gasteiger partial charge in [-0.2, -0.15) is 14.6 Å². The first-order chi connectivity index (χ1) is 22.0. The quantitative estimate of drug-likeness (QED) is 0.242. The number of aromatic nitrogens is 6. The largest absolute Gasteiger partial charge is 0.491 e. The van der Waals surface area contributed by atoms with Crippen LogP contribution >= 0.6 is 0 Å². The van der Waals surface area contributed by atoms with Crippen LogP contribution in [0.25, 0.3) is 28.3 Å². The van der Waals surface area contributed by atoms with Gasteiger partial charge in [-0.25, -0.2) is 14.1 Å². The van der Waals surface area contributed by atoms with Gasteiger partial charge < -0.3 is 29.4 Å². The van der Waals surface area contributed by atoms with Gasteiger partial charge in [0.2, 0.25) is 11.8 Å². The van der Waals surface area contributed by atoms with Gasteiger partial charge in [0.15, 0.2) is 23.1 Å². The normalized spacial score (nSPS) is 14.4. The van der Waals surface area contributed by atoms with E-state index in [9.17, 15) is 9.18 Å². The summed E-state index contributed by atoms with van der Waals surface area (Å²) in [4.78, 5) is 27.5. The number of anilines is 2. The van der Waals surface area contributed by atoms with E-state index in [2.05, 4.69) is 25.1 Å². The molecule has 4 aromatic heterocycles. The van der Waals surface area contributed by atoms with Crippen molar-refractivity contribution in [2.24, 2.45) is 0 Å². The maximum atomic E-state index is 14.3. The van der Waals surface area contributed by atoms with Crippen molar-refractivity contribution in [3.8, 4) is 17.3 Å². The minimum absolute atomic E-state index is 0.0681. The zero-order valence-electron chi connectivity index (χ0n) is 24.4. The topological polar surface area (TPSA) is 142 Å². The van der Waals surface area contributed by atoms with Crippen LogP contribution in [-0.2, 0) is 9.53 Å². The predicted molar refractivity (Wildman–Crippen MR) is 163 cm³/mol. The minimum Gasteiger partial charge on any atom is -0.491 e. The van der Waals surface area contributed by atoms with E-state index in [4.69, 9.17) is 19.6 Å². The van der Waals surface area contributed by atoms with Crippen molar-refractivity contribution in [1.82, 2.24) is 34.3 Å². The number of halogens is 1. The van der Waals surface area contributed by atoms with Crippen LogP contribution < -0.4 is 15.4 Å². The number of carbonyl (C=O) groups excluding carboxylic acids is 1. The molecule has 5 heterocycles. The standard InChI is InChI=1S/C31H30FN9O4/c1-43-17-18-44-23-10-8-22(9-11-23)38-12-14-39(15-13-38)30(42)26(20-4-6-21(32)7-5-20)40-29-24(19-34-40)28-35-27(25-3-2-16-45-25)37-41(28)31(33)36-29/h2-11,16,19,26H,12-15,17-18H2,1H3,(H2,33,36). The molecular weight excluding hydrogens is 581 g/mol. The lowest BCUT2D eigenvalue weighted by Crippen LogP contribution is -2.51. The Morgan fingerprint density at radius 3 is 2.49 bits per heavy atom. The van der Waals surface area contributed by atoms with Gasteiger partial charge in [-0.1, -0.05) is 12.1 Å². The number of hydrogen-bond donors (Lipinski definition) is 1. The van der Waals surface area contributed by atoms with Gasteiger partial charge in [-0.05, 0) is 54.1 Å². The van der Waals surface area contributed by atoms with Gasteiger partial charge >= 0.3 is 0 Å². The second-order valence-electron chi connectivity index (χ2n) is 10.5. The molecule has 13 nitrogen and oxygen atoms in total. The maximum absolute atomic E-state index is 14.3. The van der Waals surface area contributed by atoms with Crippen molar-refractivity contribution in [3.05, 3.63) is 84.5 Å². The monoisotopic (exact) mass is 611 g/mol. The molecule has 2 N–H and O–H groups in total. The molecule has 1 saturated heterocycles. The van der Waals surface area contributed by atoms with Gasteiger partial charge in [-0.3, -0.25) is 4.79 Å². The average molecular weight is 612 g/mol. The summed E-state index contributed by atoms with van der Waals surface area (Å²) >= 11 is 0. The number of amides is 1. The van der Waals surface area contributed by atoms with Crippen molar-refractivity contribution in [3.63, 3.8) is 0 Å². The fraction of sp³-hybridized carbons (Fsp3) is 0.258. The SMILES string of the molecule is COCCOc1ccc(N2CCN(C(=O)C(c3ccc(F)cc3)n3ncc4c3nc(N)n3nc(-c5ccco5)nc43)CC2)cc1. The summed E-state index contributed by atoms with van der Waals surface area (Å²) in [7, 11) is 1.64. The van der Waals surface area contributed by atoms with Crippen LogP contribution in [0.4, 0.5) is 16.0 Å². The van der Waals surface area contributed by atoms with Gasteiger partial charge in [0.05, 0.1) is 24.5 Å². The van der Waals surface area contributed by atoms with E-state index >= 15 is 0 Å². The van der Waals surface area contributed by atoms with E-state index in [0.29, 0.717) is 73.2 Å². The zero-order chi connectivity index (χ0) is 30.9. The lowest BCUT2D eigenvalue weighted by molar-refractivity contribution is -0.134. The number of benzene rings is 2. The van der Waals surface area contributed by atoms with E-state index in [1.165, 1.54) is 27.6 Å². The van der Waals surface area contributed by atoms with Crippen molar-refractivity contribution in [2.75, 3.05) is 57.1 Å². The van der Waals surface area contributed by atoms with E-state index in [1.54, 1.807) is 42.5 Å². The maximum Gasteiger partial charge on any atom is 0.252 e. The average Bonchev–Trinajstić information content (AvgIpc) is 3.84. The van der Waals surface area contributed by atoms with Crippen molar-refractivity contribution >= 4 is 34.2 Å². The van der Waals surface area contributed by atoms with Crippen LogP contribution in [0.2, 0.25) is 0 Å². The first-order valence-corrected chi connectivity index (χ1v) is 14.4. The third-order valence-corrected chi connectivity index (χ3v) is 7.81. The van der Waals surface area contributed by atoms with Crippen LogP contribution in [0, 0.1) is 5.82 Å². The van der Waals surface area contributed by atoms with Crippen LogP contribution in [0.1, 0.15) is 11.6 Å². The van der Waals surface area contributed by atoms with E-state index in [-0.39, 0.29) is 11.9 Å². The number of furan rings is 1. The molecule has 0 aliphatic carbocycles. The Kier molecular flexibility index (Phi) is 7.47. The van der Waals surface area contributed by atoms with E-state index < -0.39 is 11.9 Å². The van der Waals surface area contributed by atoms with Crippen molar-refractivity contribution in [1.29, 1.82) is 0 Å². The molecular formula is C31H30FN9O4.